The summed E-state index contributed by atoms with van der Waals surface area (Å²) in [4.78, 5) is 0. The highest BCUT2D eigenvalue weighted by atomic mass is 32.1. The highest BCUT2D eigenvalue weighted by molar-refractivity contribution is 7.07. The molecule has 1 fully saturated rings. The minimum Gasteiger partial charge on any atom is -0.376 e. The van der Waals surface area contributed by atoms with E-state index in [4.69, 9.17) is 15.2 Å². The molecule has 4 heteroatoms. The SMILES string of the molecule is NCC(OCC1CCCO1)c1ccsc1. The van der Waals surface area contributed by atoms with Crippen molar-refractivity contribution in [1.82, 2.24) is 0 Å². The van der Waals surface area contributed by atoms with E-state index in [9.17, 15) is 0 Å². The molecule has 2 rings (SSSR count). The van der Waals surface area contributed by atoms with Crippen molar-refractivity contribution in [2.24, 2.45) is 5.73 Å². The molecule has 0 amide bonds. The number of ether oxygens (including phenoxy) is 2. The molecule has 0 saturated carbocycles. The Labute approximate surface area is 94.2 Å². The van der Waals surface area contributed by atoms with E-state index in [0.717, 1.165) is 19.4 Å². The smallest absolute Gasteiger partial charge is 0.0956 e. The predicted molar refractivity (Wildman–Crippen MR) is 61.0 cm³/mol. The Morgan fingerprint density at radius 1 is 1.67 bits per heavy atom. The first-order valence-corrected chi connectivity index (χ1v) is 6.30. The predicted octanol–water partition coefficient (Wildman–Crippen LogP) is 1.94. The summed E-state index contributed by atoms with van der Waals surface area (Å²) in [6.07, 6.45) is 2.57. The van der Waals surface area contributed by atoms with E-state index in [-0.39, 0.29) is 12.2 Å². The van der Waals surface area contributed by atoms with Gasteiger partial charge in [-0.3, -0.25) is 0 Å². The summed E-state index contributed by atoms with van der Waals surface area (Å²) in [7, 11) is 0. The van der Waals surface area contributed by atoms with Crippen LogP contribution < -0.4 is 5.73 Å². The first-order chi connectivity index (χ1) is 7.40. The molecule has 1 aliphatic heterocycles. The van der Waals surface area contributed by atoms with Crippen LogP contribution in [-0.4, -0.2) is 25.9 Å². The highest BCUT2D eigenvalue weighted by Gasteiger charge is 2.18. The van der Waals surface area contributed by atoms with E-state index in [1.54, 1.807) is 11.3 Å². The van der Waals surface area contributed by atoms with Gasteiger partial charge in [0.25, 0.3) is 0 Å². The van der Waals surface area contributed by atoms with E-state index in [1.165, 1.54) is 5.56 Å². The molecule has 3 nitrogen and oxygen atoms in total. The third kappa shape index (κ3) is 3.01. The zero-order chi connectivity index (χ0) is 10.5. The first kappa shape index (κ1) is 11.1. The lowest BCUT2D eigenvalue weighted by atomic mass is 10.2. The number of thiophene rings is 1. The van der Waals surface area contributed by atoms with E-state index < -0.39 is 0 Å². The molecule has 0 aromatic carbocycles. The largest absolute Gasteiger partial charge is 0.376 e. The molecule has 1 aromatic heterocycles. The van der Waals surface area contributed by atoms with Gasteiger partial charge < -0.3 is 15.2 Å². The van der Waals surface area contributed by atoms with Gasteiger partial charge in [0.15, 0.2) is 0 Å². The Hall–Kier alpha value is -0.420. The van der Waals surface area contributed by atoms with Gasteiger partial charge in [0.1, 0.15) is 0 Å². The fourth-order valence-electron chi connectivity index (χ4n) is 1.76. The second-order valence-electron chi connectivity index (χ2n) is 3.75. The van der Waals surface area contributed by atoms with Crippen LogP contribution in [0.2, 0.25) is 0 Å². The zero-order valence-corrected chi connectivity index (χ0v) is 9.54. The second kappa shape index (κ2) is 5.61. The number of hydrogen-bond acceptors (Lipinski definition) is 4. The summed E-state index contributed by atoms with van der Waals surface area (Å²) >= 11 is 1.67. The van der Waals surface area contributed by atoms with Crippen molar-refractivity contribution < 1.29 is 9.47 Å². The number of rotatable bonds is 5. The highest BCUT2D eigenvalue weighted by Crippen LogP contribution is 2.21. The Morgan fingerprint density at radius 2 is 2.60 bits per heavy atom. The van der Waals surface area contributed by atoms with Gasteiger partial charge in [-0.25, -0.2) is 0 Å². The molecule has 0 spiro atoms. The van der Waals surface area contributed by atoms with Gasteiger partial charge in [0, 0.05) is 13.2 Å². The van der Waals surface area contributed by atoms with Gasteiger partial charge in [-0.2, -0.15) is 11.3 Å². The molecule has 0 aliphatic carbocycles. The van der Waals surface area contributed by atoms with Crippen molar-refractivity contribution in [1.29, 1.82) is 0 Å². The lowest BCUT2D eigenvalue weighted by Gasteiger charge is -2.17. The maximum absolute atomic E-state index is 5.78. The van der Waals surface area contributed by atoms with Crippen LogP contribution in [0.15, 0.2) is 16.8 Å². The fourth-order valence-corrected chi connectivity index (χ4v) is 2.46. The molecule has 2 N–H and O–H groups in total. The summed E-state index contributed by atoms with van der Waals surface area (Å²) in [5, 5.41) is 4.14. The van der Waals surface area contributed by atoms with Crippen LogP contribution in [0.3, 0.4) is 0 Å². The standard InChI is InChI=1S/C11H17NO2S/c12-6-11(9-3-5-15-8-9)14-7-10-2-1-4-13-10/h3,5,8,10-11H,1-2,4,6-7,12H2. The van der Waals surface area contributed by atoms with Gasteiger partial charge in [-0.15, -0.1) is 0 Å². The van der Waals surface area contributed by atoms with Crippen molar-refractivity contribution in [2.75, 3.05) is 19.8 Å². The van der Waals surface area contributed by atoms with Crippen molar-refractivity contribution in [2.45, 2.75) is 25.0 Å². The molecule has 1 aliphatic rings. The number of hydrogen-bond donors (Lipinski definition) is 1. The molecule has 2 unspecified atom stereocenters. The van der Waals surface area contributed by atoms with Gasteiger partial charge in [0.2, 0.25) is 0 Å². The second-order valence-corrected chi connectivity index (χ2v) is 4.53. The molecule has 15 heavy (non-hydrogen) atoms. The minimum absolute atomic E-state index is 0.0282. The van der Waals surface area contributed by atoms with Gasteiger partial charge in [-0.1, -0.05) is 0 Å². The van der Waals surface area contributed by atoms with Gasteiger partial charge >= 0.3 is 0 Å². The van der Waals surface area contributed by atoms with Crippen LogP contribution >= 0.6 is 11.3 Å². The lowest BCUT2D eigenvalue weighted by molar-refractivity contribution is -0.0180. The van der Waals surface area contributed by atoms with E-state index in [1.807, 2.05) is 5.38 Å². The third-order valence-electron chi connectivity index (χ3n) is 2.64. The number of nitrogens with two attached hydrogens (primary N) is 1. The Kier molecular flexibility index (Phi) is 4.14. The van der Waals surface area contributed by atoms with Crippen molar-refractivity contribution in [3.05, 3.63) is 22.4 Å². The fraction of sp³-hybridized carbons (Fsp3) is 0.636. The molecule has 2 heterocycles. The third-order valence-corrected chi connectivity index (χ3v) is 3.34. The summed E-state index contributed by atoms with van der Waals surface area (Å²) in [5.74, 6) is 0. The maximum Gasteiger partial charge on any atom is 0.0956 e. The minimum atomic E-state index is 0.0282. The van der Waals surface area contributed by atoms with E-state index in [0.29, 0.717) is 13.2 Å². The molecular formula is C11H17NO2S. The monoisotopic (exact) mass is 227 g/mol. The molecular weight excluding hydrogens is 210 g/mol. The van der Waals surface area contributed by atoms with Crippen molar-refractivity contribution in [3.63, 3.8) is 0 Å². The van der Waals surface area contributed by atoms with E-state index >= 15 is 0 Å². The normalized spacial score (nSPS) is 23.1. The summed E-state index contributed by atoms with van der Waals surface area (Å²) in [6, 6.07) is 2.07. The van der Waals surface area contributed by atoms with Crippen LogP contribution in [0, 0.1) is 0 Å². The van der Waals surface area contributed by atoms with Crippen molar-refractivity contribution >= 4 is 11.3 Å². The Balaban J connectivity index is 1.80. The molecule has 2 atom stereocenters. The quantitative estimate of drug-likeness (QED) is 0.836. The molecule has 0 bridgehead atoms. The van der Waals surface area contributed by atoms with E-state index in [2.05, 4.69) is 11.4 Å². The van der Waals surface area contributed by atoms with Crippen LogP contribution in [0.4, 0.5) is 0 Å². The van der Waals surface area contributed by atoms with Crippen LogP contribution in [0.5, 0.6) is 0 Å². The van der Waals surface area contributed by atoms with Crippen LogP contribution in [0.1, 0.15) is 24.5 Å². The summed E-state index contributed by atoms with van der Waals surface area (Å²) < 4.78 is 11.3. The zero-order valence-electron chi connectivity index (χ0n) is 8.72. The molecule has 84 valence electrons. The average Bonchev–Trinajstić information content (AvgIpc) is 2.90. The van der Waals surface area contributed by atoms with Crippen LogP contribution in [-0.2, 0) is 9.47 Å². The van der Waals surface area contributed by atoms with Crippen molar-refractivity contribution in [3.8, 4) is 0 Å². The van der Waals surface area contributed by atoms with Gasteiger partial charge in [0.05, 0.1) is 18.8 Å². The topological polar surface area (TPSA) is 44.5 Å². The van der Waals surface area contributed by atoms with Gasteiger partial charge in [-0.05, 0) is 35.2 Å². The molecule has 1 saturated heterocycles. The lowest BCUT2D eigenvalue weighted by Crippen LogP contribution is -2.21. The summed E-state index contributed by atoms with van der Waals surface area (Å²) in [5.41, 5.74) is 6.87. The Bertz CT molecular complexity index is 270. The average molecular weight is 227 g/mol. The Morgan fingerprint density at radius 3 is 3.20 bits per heavy atom. The van der Waals surface area contributed by atoms with Crippen LogP contribution in [0.25, 0.3) is 0 Å². The molecule has 0 radical (unpaired) electrons. The molecule has 1 aromatic rings. The first-order valence-electron chi connectivity index (χ1n) is 5.35. The maximum atomic E-state index is 5.78. The summed E-state index contributed by atoms with van der Waals surface area (Å²) in [6.45, 7) is 2.07.